The molecule has 236 valence electrons. The van der Waals surface area contributed by atoms with Gasteiger partial charge in [-0.05, 0) is 127 Å². The van der Waals surface area contributed by atoms with Crippen LogP contribution in [0.25, 0.3) is 0 Å². The van der Waals surface area contributed by atoms with Crippen LogP contribution in [0.5, 0.6) is 0 Å². The minimum Gasteiger partial charge on any atom is -0.478 e. The van der Waals surface area contributed by atoms with E-state index in [0.717, 1.165) is 25.4 Å². The molecule has 6 fully saturated rings. The largest absolute Gasteiger partial charge is 0.478 e. The number of hydrogen-bond donors (Lipinski definition) is 1. The first-order valence-corrected chi connectivity index (χ1v) is 17.3. The number of aromatic carboxylic acids is 1. The van der Waals surface area contributed by atoms with Gasteiger partial charge in [0.2, 0.25) is 0 Å². The molecular formula is C38H54O5. The van der Waals surface area contributed by atoms with E-state index < -0.39 is 11.9 Å². The van der Waals surface area contributed by atoms with Crippen molar-refractivity contribution < 1.29 is 24.2 Å². The minimum atomic E-state index is -1.09. The summed E-state index contributed by atoms with van der Waals surface area (Å²) in [7, 11) is 0. The third-order valence-corrected chi connectivity index (χ3v) is 15.7. The van der Waals surface area contributed by atoms with Crippen LogP contribution in [-0.4, -0.2) is 35.9 Å². The first kappa shape index (κ1) is 29.8. The number of esters is 1. The molecule has 0 aromatic heterocycles. The first-order chi connectivity index (χ1) is 20.1. The number of fused-ring (bicyclic) bond motifs is 5. The van der Waals surface area contributed by atoms with Crippen LogP contribution in [0.3, 0.4) is 0 Å². The zero-order valence-corrected chi connectivity index (χ0v) is 27.6. The Hall–Kier alpha value is -1.88. The predicted octanol–water partition coefficient (Wildman–Crippen LogP) is 8.80. The van der Waals surface area contributed by atoms with Gasteiger partial charge in [0.15, 0.2) is 0 Å². The maximum atomic E-state index is 13.4. The van der Waals surface area contributed by atoms with Crippen LogP contribution < -0.4 is 0 Å². The molecule has 43 heavy (non-hydrogen) atoms. The molecule has 1 aliphatic heterocycles. The Labute approximate surface area is 258 Å². The van der Waals surface area contributed by atoms with Gasteiger partial charge in [0.1, 0.15) is 6.10 Å². The number of benzene rings is 1. The highest BCUT2D eigenvalue weighted by atomic mass is 16.5. The molecule has 10 atom stereocenters. The molecule has 5 aliphatic carbocycles. The quantitative estimate of drug-likeness (QED) is 0.356. The molecular weight excluding hydrogens is 536 g/mol. The highest BCUT2D eigenvalue weighted by molar-refractivity contribution is 6.02. The zero-order chi connectivity index (χ0) is 30.8. The van der Waals surface area contributed by atoms with Crippen molar-refractivity contribution in [3.63, 3.8) is 0 Å². The van der Waals surface area contributed by atoms with Gasteiger partial charge in [0.05, 0.1) is 23.8 Å². The standard InChI is InChI=1S/C38H54O5/c1-33(2)18-20-38-21-19-36(6)25(29(38)30(33)42-22-38)12-13-27-35(5)16-15-28(34(3,4)26(35)14-17-37(27,36)7)43-32(41)24-11-9-8-10-23(24)31(39)40/h8-11,25-30H,12-22H2,1-7H3,(H,39,40)/t25-,26-,27-,28-,29-,30+,35+,36-,37-,38+/m1/s1. The van der Waals surface area contributed by atoms with Gasteiger partial charge >= 0.3 is 11.9 Å². The Morgan fingerprint density at radius 1 is 0.791 bits per heavy atom. The number of rotatable bonds is 3. The Morgan fingerprint density at radius 2 is 1.49 bits per heavy atom. The highest BCUT2D eigenvalue weighted by Crippen LogP contribution is 2.78. The van der Waals surface area contributed by atoms with Gasteiger partial charge in [-0.25, -0.2) is 9.59 Å². The predicted molar refractivity (Wildman–Crippen MR) is 167 cm³/mol. The fraction of sp³-hybridized carbons (Fsp3) is 0.789. The summed E-state index contributed by atoms with van der Waals surface area (Å²) in [6.45, 7) is 18.5. The van der Waals surface area contributed by atoms with Crippen LogP contribution in [0.1, 0.15) is 133 Å². The lowest BCUT2D eigenvalue weighted by atomic mass is 9.31. The Balaban J connectivity index is 1.16. The van der Waals surface area contributed by atoms with Crippen molar-refractivity contribution in [1.82, 2.24) is 0 Å². The molecule has 6 aliphatic rings. The summed E-state index contributed by atoms with van der Waals surface area (Å²) in [5.74, 6) is 0.976. The molecule has 5 nitrogen and oxygen atoms in total. The van der Waals surface area contributed by atoms with E-state index in [0.29, 0.717) is 40.1 Å². The molecule has 1 saturated heterocycles. The molecule has 1 N–H and O–H groups in total. The molecule has 0 spiro atoms. The van der Waals surface area contributed by atoms with Crippen LogP contribution in [0, 0.1) is 56.2 Å². The van der Waals surface area contributed by atoms with Crippen LogP contribution >= 0.6 is 0 Å². The van der Waals surface area contributed by atoms with Gasteiger partial charge in [0.25, 0.3) is 0 Å². The molecule has 2 bridgehead atoms. The summed E-state index contributed by atoms with van der Waals surface area (Å²) in [5.41, 5.74) is 1.49. The summed E-state index contributed by atoms with van der Waals surface area (Å²) in [6, 6.07) is 6.43. The van der Waals surface area contributed by atoms with Crippen molar-refractivity contribution in [3.8, 4) is 0 Å². The number of ether oxygens (including phenoxy) is 2. The van der Waals surface area contributed by atoms with Crippen LogP contribution in [0.2, 0.25) is 0 Å². The van der Waals surface area contributed by atoms with E-state index in [1.807, 2.05) is 0 Å². The van der Waals surface area contributed by atoms with Crippen molar-refractivity contribution in [2.45, 2.75) is 125 Å². The fourth-order valence-electron chi connectivity index (χ4n) is 13.2. The summed E-state index contributed by atoms with van der Waals surface area (Å²) in [5, 5.41) is 9.66. The van der Waals surface area contributed by atoms with Gasteiger partial charge in [-0.2, -0.15) is 0 Å². The smallest absolute Gasteiger partial charge is 0.339 e. The molecule has 0 amide bonds. The van der Waals surface area contributed by atoms with Crippen LogP contribution in [0.4, 0.5) is 0 Å². The monoisotopic (exact) mass is 590 g/mol. The third kappa shape index (κ3) is 3.85. The summed E-state index contributed by atoms with van der Waals surface area (Å²) in [4.78, 5) is 25.2. The van der Waals surface area contributed by atoms with E-state index in [1.54, 1.807) is 18.2 Å². The van der Waals surface area contributed by atoms with Crippen molar-refractivity contribution in [2.75, 3.05) is 6.61 Å². The van der Waals surface area contributed by atoms with Gasteiger partial charge in [-0.15, -0.1) is 0 Å². The SMILES string of the molecule is CC1(C)CC[C@@]23CC[C@]4(C)[C@H](CC[C@@H]5[C@@]6(C)CC[C@@H](OC(=O)c7ccccc7C(=O)O)C(C)(C)[C@H]6CC[C@]54C)[C@@H]2[C@@H]1OC3. The van der Waals surface area contributed by atoms with Crippen molar-refractivity contribution >= 4 is 11.9 Å². The average molecular weight is 591 g/mol. The number of carboxylic acid groups (broad SMARTS) is 1. The lowest BCUT2D eigenvalue weighted by Gasteiger charge is -2.73. The van der Waals surface area contributed by atoms with E-state index >= 15 is 0 Å². The zero-order valence-electron chi connectivity index (χ0n) is 27.6. The van der Waals surface area contributed by atoms with Gasteiger partial charge in [-0.1, -0.05) is 60.6 Å². The maximum Gasteiger partial charge on any atom is 0.339 e. The molecule has 5 saturated carbocycles. The van der Waals surface area contributed by atoms with Gasteiger partial charge in [0, 0.05) is 5.41 Å². The lowest BCUT2D eigenvalue weighted by molar-refractivity contribution is -0.252. The second kappa shape index (κ2) is 9.33. The second-order valence-electron chi connectivity index (χ2n) is 17.9. The van der Waals surface area contributed by atoms with Crippen molar-refractivity contribution in [3.05, 3.63) is 35.4 Å². The summed E-state index contributed by atoms with van der Waals surface area (Å²) in [6.07, 6.45) is 12.4. The molecule has 7 rings (SSSR count). The molecule has 5 heteroatoms. The Kier molecular flexibility index (Phi) is 6.47. The van der Waals surface area contributed by atoms with Crippen LogP contribution in [-0.2, 0) is 9.47 Å². The first-order valence-electron chi connectivity index (χ1n) is 17.3. The molecule has 1 aromatic rings. The molecule has 0 radical (unpaired) electrons. The van der Waals surface area contributed by atoms with E-state index in [9.17, 15) is 14.7 Å². The van der Waals surface area contributed by atoms with Crippen molar-refractivity contribution in [1.29, 1.82) is 0 Å². The average Bonchev–Trinajstić information content (AvgIpc) is 3.29. The Bertz CT molecular complexity index is 1330. The normalized spacial score (nSPS) is 47.3. The van der Waals surface area contributed by atoms with Crippen molar-refractivity contribution in [2.24, 2.45) is 56.2 Å². The van der Waals surface area contributed by atoms with Gasteiger partial charge < -0.3 is 14.6 Å². The molecule has 0 unspecified atom stereocenters. The number of hydrogen-bond acceptors (Lipinski definition) is 4. The topological polar surface area (TPSA) is 72.8 Å². The number of carbonyl (C=O) groups excluding carboxylic acids is 1. The van der Waals surface area contributed by atoms with E-state index in [2.05, 4.69) is 48.5 Å². The fourth-order valence-corrected chi connectivity index (χ4v) is 13.2. The van der Waals surface area contributed by atoms with Crippen LogP contribution in [0.15, 0.2) is 24.3 Å². The molecule has 1 heterocycles. The van der Waals surface area contributed by atoms with E-state index in [4.69, 9.17) is 9.47 Å². The minimum absolute atomic E-state index is 0.0128. The van der Waals surface area contributed by atoms with E-state index in [-0.39, 0.29) is 33.5 Å². The highest BCUT2D eigenvalue weighted by Gasteiger charge is 2.73. The van der Waals surface area contributed by atoms with Gasteiger partial charge in [-0.3, -0.25) is 0 Å². The maximum absolute atomic E-state index is 13.4. The third-order valence-electron chi connectivity index (χ3n) is 15.7. The van der Waals surface area contributed by atoms with E-state index in [1.165, 1.54) is 57.4 Å². The summed E-state index contributed by atoms with van der Waals surface area (Å²) < 4.78 is 13.0. The number of carboxylic acids is 1. The number of carbonyl (C=O) groups is 2. The molecule has 1 aromatic carbocycles. The summed E-state index contributed by atoms with van der Waals surface area (Å²) >= 11 is 0. The lowest BCUT2D eigenvalue weighted by Crippen LogP contribution is -2.68. The second-order valence-corrected chi connectivity index (χ2v) is 17.9. The Morgan fingerprint density at radius 3 is 2.21 bits per heavy atom.